The quantitative estimate of drug-likeness (QED) is 0.738. The molecule has 4 heteroatoms. The molecule has 0 aliphatic heterocycles. The van der Waals surface area contributed by atoms with Gasteiger partial charge >= 0.3 is 0 Å². The van der Waals surface area contributed by atoms with Crippen LogP contribution in [0.2, 0.25) is 0 Å². The minimum Gasteiger partial charge on any atom is -0.197 e. The second kappa shape index (κ2) is 3.54. The summed E-state index contributed by atoms with van der Waals surface area (Å²) in [7, 11) is 0. The first-order chi connectivity index (χ1) is 7.39. The van der Waals surface area contributed by atoms with Crippen LogP contribution in [0.5, 0.6) is 0 Å². The molecule has 2 aromatic rings. The molecule has 86 valence electrons. The van der Waals surface area contributed by atoms with E-state index in [1.807, 2.05) is 16.6 Å². The summed E-state index contributed by atoms with van der Waals surface area (Å²) in [6, 6.07) is 3.99. The van der Waals surface area contributed by atoms with E-state index in [0.717, 1.165) is 17.2 Å². The van der Waals surface area contributed by atoms with Gasteiger partial charge in [-0.05, 0) is 18.1 Å². The molecule has 0 bridgehead atoms. The molecular weight excluding hydrogens is 200 g/mol. The van der Waals surface area contributed by atoms with Crippen LogP contribution in [0, 0.1) is 0 Å². The molecule has 2 rings (SSSR count). The predicted octanol–water partition coefficient (Wildman–Crippen LogP) is 2.55. The number of aromatic nitrogens is 4. The Morgan fingerprint density at radius 3 is 2.38 bits per heavy atom. The van der Waals surface area contributed by atoms with Crippen molar-refractivity contribution in [3.8, 4) is 0 Å². The van der Waals surface area contributed by atoms with Gasteiger partial charge in [-0.15, -0.1) is 10.2 Å². The highest BCUT2D eigenvalue weighted by molar-refractivity contribution is 5.37. The van der Waals surface area contributed by atoms with Crippen molar-refractivity contribution < 1.29 is 0 Å². The summed E-state index contributed by atoms with van der Waals surface area (Å²) >= 11 is 0. The number of fused-ring (bicyclic) bond motifs is 1. The third-order valence-electron chi connectivity index (χ3n) is 2.55. The average Bonchev–Trinajstić information content (AvgIpc) is 2.58. The Balaban J connectivity index is 2.65. The molecule has 0 saturated carbocycles. The lowest BCUT2D eigenvalue weighted by molar-refractivity contribution is 0.523. The summed E-state index contributed by atoms with van der Waals surface area (Å²) in [6.45, 7) is 10.6. The molecule has 0 aliphatic rings. The van der Waals surface area contributed by atoms with Gasteiger partial charge in [-0.3, -0.25) is 0 Å². The summed E-state index contributed by atoms with van der Waals surface area (Å²) in [6.07, 6.45) is 0. The third-order valence-corrected chi connectivity index (χ3v) is 2.55. The second-order valence-electron chi connectivity index (χ2n) is 5.46. The molecule has 2 heterocycles. The van der Waals surface area contributed by atoms with Gasteiger partial charge < -0.3 is 0 Å². The normalized spacial score (nSPS) is 12.6. The highest BCUT2D eigenvalue weighted by Gasteiger charge is 2.21. The van der Waals surface area contributed by atoms with Gasteiger partial charge in [0.05, 0.1) is 5.69 Å². The summed E-state index contributed by atoms with van der Waals surface area (Å²) < 4.78 is 1.86. The molecule has 0 radical (unpaired) electrons. The van der Waals surface area contributed by atoms with Crippen LogP contribution in [-0.2, 0) is 5.41 Å². The van der Waals surface area contributed by atoms with Crippen LogP contribution in [0.15, 0.2) is 12.1 Å². The van der Waals surface area contributed by atoms with Gasteiger partial charge in [-0.1, -0.05) is 34.6 Å². The van der Waals surface area contributed by atoms with Crippen LogP contribution >= 0.6 is 0 Å². The van der Waals surface area contributed by atoms with Gasteiger partial charge in [0.15, 0.2) is 11.5 Å². The minimum atomic E-state index is -0.0397. The van der Waals surface area contributed by atoms with Crippen molar-refractivity contribution >= 4 is 5.65 Å². The molecule has 0 saturated heterocycles. The van der Waals surface area contributed by atoms with Crippen molar-refractivity contribution in [2.24, 2.45) is 0 Å². The van der Waals surface area contributed by atoms with Crippen LogP contribution in [0.1, 0.15) is 52.1 Å². The van der Waals surface area contributed by atoms with Gasteiger partial charge in [0.25, 0.3) is 0 Å². The van der Waals surface area contributed by atoms with E-state index in [9.17, 15) is 0 Å². The molecule has 0 fully saturated rings. The van der Waals surface area contributed by atoms with Gasteiger partial charge in [0.2, 0.25) is 0 Å². The smallest absolute Gasteiger partial charge is 0.177 e. The molecule has 0 unspecified atom stereocenters. The maximum atomic E-state index is 4.59. The van der Waals surface area contributed by atoms with Gasteiger partial charge in [0, 0.05) is 5.41 Å². The van der Waals surface area contributed by atoms with Crippen molar-refractivity contribution in [1.82, 2.24) is 19.8 Å². The van der Waals surface area contributed by atoms with Crippen molar-refractivity contribution in [3.05, 3.63) is 23.7 Å². The van der Waals surface area contributed by atoms with Crippen LogP contribution in [0.3, 0.4) is 0 Å². The molecule has 0 spiro atoms. The van der Waals surface area contributed by atoms with E-state index in [1.54, 1.807) is 0 Å². The van der Waals surface area contributed by atoms with E-state index in [-0.39, 0.29) is 5.41 Å². The van der Waals surface area contributed by atoms with E-state index in [2.05, 4.69) is 49.9 Å². The standard InChI is InChI=1S/C12H18N4/c1-8(2)9-6-7-10-13-14-11(12(3,4)5)16(10)15-9/h6-8H,1-5H3. The van der Waals surface area contributed by atoms with Gasteiger partial charge in [-0.2, -0.15) is 9.61 Å². The fraction of sp³-hybridized carbons (Fsp3) is 0.583. The Bertz CT molecular complexity index is 505. The number of nitrogens with zero attached hydrogens (tertiary/aromatic N) is 4. The first-order valence-corrected chi connectivity index (χ1v) is 5.62. The Morgan fingerprint density at radius 1 is 1.12 bits per heavy atom. The van der Waals surface area contributed by atoms with Crippen LogP contribution in [-0.4, -0.2) is 19.8 Å². The lowest BCUT2D eigenvalue weighted by Gasteiger charge is -2.15. The largest absolute Gasteiger partial charge is 0.197 e. The maximum Gasteiger partial charge on any atom is 0.177 e. The number of hydrogen-bond donors (Lipinski definition) is 0. The maximum absolute atomic E-state index is 4.59. The fourth-order valence-corrected chi connectivity index (χ4v) is 1.58. The molecule has 0 atom stereocenters. The Hall–Kier alpha value is -1.45. The molecule has 4 nitrogen and oxygen atoms in total. The summed E-state index contributed by atoms with van der Waals surface area (Å²) in [5, 5.41) is 12.9. The van der Waals surface area contributed by atoms with Crippen LogP contribution in [0.4, 0.5) is 0 Å². The zero-order valence-corrected chi connectivity index (χ0v) is 10.5. The van der Waals surface area contributed by atoms with Gasteiger partial charge in [-0.25, -0.2) is 0 Å². The molecule has 0 N–H and O–H groups in total. The molecule has 16 heavy (non-hydrogen) atoms. The average molecular weight is 218 g/mol. The number of rotatable bonds is 1. The van der Waals surface area contributed by atoms with E-state index >= 15 is 0 Å². The monoisotopic (exact) mass is 218 g/mol. The predicted molar refractivity (Wildman–Crippen MR) is 63.6 cm³/mol. The molecule has 0 amide bonds. The summed E-state index contributed by atoms with van der Waals surface area (Å²) in [4.78, 5) is 0. The topological polar surface area (TPSA) is 43.1 Å². The minimum absolute atomic E-state index is 0.0397. The van der Waals surface area contributed by atoms with E-state index in [4.69, 9.17) is 0 Å². The number of hydrogen-bond acceptors (Lipinski definition) is 3. The lowest BCUT2D eigenvalue weighted by Crippen LogP contribution is -2.17. The Kier molecular flexibility index (Phi) is 2.45. The van der Waals surface area contributed by atoms with E-state index in [0.29, 0.717) is 5.92 Å². The third kappa shape index (κ3) is 1.79. The van der Waals surface area contributed by atoms with E-state index < -0.39 is 0 Å². The Labute approximate surface area is 95.7 Å². The Morgan fingerprint density at radius 2 is 1.81 bits per heavy atom. The van der Waals surface area contributed by atoms with Crippen molar-refractivity contribution in [2.75, 3.05) is 0 Å². The van der Waals surface area contributed by atoms with Crippen molar-refractivity contribution in [2.45, 2.75) is 46.0 Å². The first-order valence-electron chi connectivity index (χ1n) is 5.62. The summed E-state index contributed by atoms with van der Waals surface area (Å²) in [5.41, 5.74) is 1.84. The zero-order chi connectivity index (χ0) is 11.9. The van der Waals surface area contributed by atoms with Crippen LogP contribution in [0.25, 0.3) is 5.65 Å². The lowest BCUT2D eigenvalue weighted by atomic mass is 9.96. The van der Waals surface area contributed by atoms with E-state index in [1.165, 1.54) is 0 Å². The fourth-order valence-electron chi connectivity index (χ4n) is 1.58. The van der Waals surface area contributed by atoms with Crippen LogP contribution < -0.4 is 0 Å². The van der Waals surface area contributed by atoms with Crippen molar-refractivity contribution in [3.63, 3.8) is 0 Å². The van der Waals surface area contributed by atoms with Gasteiger partial charge in [0.1, 0.15) is 0 Å². The highest BCUT2D eigenvalue weighted by atomic mass is 15.4. The molecule has 2 aromatic heterocycles. The zero-order valence-electron chi connectivity index (χ0n) is 10.5. The summed E-state index contributed by atoms with van der Waals surface area (Å²) in [5.74, 6) is 1.32. The van der Waals surface area contributed by atoms with Crippen molar-refractivity contribution in [1.29, 1.82) is 0 Å². The second-order valence-corrected chi connectivity index (χ2v) is 5.46. The molecule has 0 aliphatic carbocycles. The SMILES string of the molecule is CC(C)c1ccc2nnc(C(C)(C)C)n2n1. The molecule has 0 aromatic carbocycles. The highest BCUT2D eigenvalue weighted by Crippen LogP contribution is 2.21. The molecular formula is C12H18N4. The first kappa shape index (κ1) is 11.0.